The number of sulfonamides is 1. The first-order valence-electron chi connectivity index (χ1n) is 8.18. The molecule has 3 rings (SSSR count). The second-order valence-corrected chi connectivity index (χ2v) is 8.60. The molecule has 0 amide bonds. The van der Waals surface area contributed by atoms with Gasteiger partial charge >= 0.3 is 5.97 Å². The van der Waals surface area contributed by atoms with Crippen molar-refractivity contribution in [3.8, 4) is 11.5 Å². The Bertz CT molecular complexity index is 1200. The highest BCUT2D eigenvalue weighted by atomic mass is 32.2. The quantitative estimate of drug-likeness (QED) is 0.382. The molecule has 0 heterocycles. The summed E-state index contributed by atoms with van der Waals surface area (Å²) in [6.07, 6.45) is 0. The topological polar surface area (TPSA) is 113 Å². The van der Waals surface area contributed by atoms with Crippen molar-refractivity contribution in [1.29, 1.82) is 0 Å². The van der Waals surface area contributed by atoms with E-state index >= 15 is 0 Å². The number of rotatable bonds is 7. The average molecular weight is 437 g/mol. The molecule has 3 aromatic rings. The summed E-state index contributed by atoms with van der Waals surface area (Å²) in [6.45, 7) is 0. The first-order chi connectivity index (χ1) is 13.7. The molecular weight excluding hydrogens is 421 g/mol. The minimum atomic E-state index is -4.12. The average Bonchev–Trinajstić information content (AvgIpc) is 2.69. The Hall–Kier alpha value is -2.98. The number of hydrogen-bond acceptors (Lipinski definition) is 6. The Morgan fingerprint density at radius 2 is 1.86 bits per heavy atom. The number of thioether (sulfide) groups is 1. The van der Waals surface area contributed by atoms with Crippen LogP contribution in [-0.4, -0.2) is 37.5 Å². The van der Waals surface area contributed by atoms with E-state index in [0.717, 1.165) is 30.0 Å². The van der Waals surface area contributed by atoms with Gasteiger partial charge in [0.25, 0.3) is 10.0 Å². The SMILES string of the molecule is COc1cc(S(=O)(=O)Nc2cc(SCC(=O)O)c(O)c3ccccc23)ccc1F. The van der Waals surface area contributed by atoms with Crippen LogP contribution in [0.4, 0.5) is 10.1 Å². The predicted octanol–water partition coefficient (Wildman–Crippen LogP) is 3.67. The van der Waals surface area contributed by atoms with Gasteiger partial charge in [-0.1, -0.05) is 24.3 Å². The number of nitrogens with one attached hydrogen (secondary N) is 1. The fraction of sp³-hybridized carbons (Fsp3) is 0.105. The van der Waals surface area contributed by atoms with Crippen molar-refractivity contribution in [2.75, 3.05) is 17.6 Å². The Morgan fingerprint density at radius 3 is 2.52 bits per heavy atom. The molecule has 0 unspecified atom stereocenters. The van der Waals surface area contributed by atoms with E-state index in [-0.39, 0.29) is 32.7 Å². The molecule has 0 spiro atoms. The van der Waals surface area contributed by atoms with Gasteiger partial charge in [0, 0.05) is 16.8 Å². The number of halogens is 1. The Balaban J connectivity index is 2.09. The molecule has 0 saturated carbocycles. The van der Waals surface area contributed by atoms with E-state index in [4.69, 9.17) is 9.84 Å². The lowest BCUT2D eigenvalue weighted by molar-refractivity contribution is -0.133. The van der Waals surface area contributed by atoms with Gasteiger partial charge in [-0.3, -0.25) is 9.52 Å². The Labute approximate surface area is 170 Å². The van der Waals surface area contributed by atoms with Gasteiger partial charge in [-0.2, -0.15) is 0 Å². The molecule has 0 bridgehead atoms. The van der Waals surface area contributed by atoms with E-state index in [2.05, 4.69) is 4.72 Å². The number of fused-ring (bicyclic) bond motifs is 1. The summed E-state index contributed by atoms with van der Waals surface area (Å²) in [6, 6.07) is 11.0. The van der Waals surface area contributed by atoms with Crippen LogP contribution >= 0.6 is 11.8 Å². The van der Waals surface area contributed by atoms with Crippen LogP contribution in [0, 0.1) is 5.82 Å². The highest BCUT2D eigenvalue weighted by molar-refractivity contribution is 8.00. The van der Waals surface area contributed by atoms with E-state index in [0.29, 0.717) is 10.8 Å². The molecule has 0 fully saturated rings. The van der Waals surface area contributed by atoms with Crippen LogP contribution in [0.25, 0.3) is 10.8 Å². The molecule has 0 saturated heterocycles. The van der Waals surface area contributed by atoms with E-state index in [1.807, 2.05) is 0 Å². The number of carbonyl (C=O) groups is 1. The molecule has 0 aromatic heterocycles. The molecule has 3 aromatic carbocycles. The number of aromatic hydroxyl groups is 1. The van der Waals surface area contributed by atoms with Crippen LogP contribution in [0.3, 0.4) is 0 Å². The lowest BCUT2D eigenvalue weighted by Gasteiger charge is -2.15. The van der Waals surface area contributed by atoms with E-state index in [9.17, 15) is 22.7 Å². The summed E-state index contributed by atoms with van der Waals surface area (Å²) < 4.78 is 46.5. The number of methoxy groups -OCH3 is 1. The van der Waals surface area contributed by atoms with Crippen molar-refractivity contribution in [2.45, 2.75) is 9.79 Å². The summed E-state index contributed by atoms with van der Waals surface area (Å²) in [7, 11) is -2.90. The van der Waals surface area contributed by atoms with Crippen molar-refractivity contribution in [1.82, 2.24) is 0 Å². The minimum absolute atomic E-state index is 0.141. The molecule has 0 radical (unpaired) electrons. The predicted molar refractivity (Wildman–Crippen MR) is 108 cm³/mol. The molecule has 3 N–H and O–H groups in total. The Morgan fingerprint density at radius 1 is 1.17 bits per heavy atom. The zero-order valence-electron chi connectivity index (χ0n) is 15.0. The van der Waals surface area contributed by atoms with Crippen molar-refractivity contribution in [2.24, 2.45) is 0 Å². The Kier molecular flexibility index (Phi) is 5.85. The third kappa shape index (κ3) is 4.38. The van der Waals surface area contributed by atoms with Gasteiger partial charge in [0.05, 0.1) is 28.3 Å². The molecule has 0 aliphatic rings. The molecule has 10 heteroatoms. The largest absolute Gasteiger partial charge is 0.506 e. The van der Waals surface area contributed by atoms with Crippen LogP contribution < -0.4 is 9.46 Å². The number of carboxylic acids is 1. The number of ether oxygens (including phenoxy) is 1. The van der Waals surface area contributed by atoms with Crippen LogP contribution in [-0.2, 0) is 14.8 Å². The van der Waals surface area contributed by atoms with Crippen molar-refractivity contribution >= 4 is 44.2 Å². The standard InChI is InChI=1S/C19H16FNO6S2/c1-27-16-8-11(6-7-14(16)20)29(25,26)21-15-9-17(28-10-18(22)23)19(24)13-5-3-2-4-12(13)15/h2-9,21,24H,10H2,1H3,(H,22,23). The second kappa shape index (κ2) is 8.18. The van der Waals surface area contributed by atoms with Crippen molar-refractivity contribution in [3.63, 3.8) is 0 Å². The summed E-state index contributed by atoms with van der Waals surface area (Å²) in [5, 5.41) is 20.1. The number of benzene rings is 3. The second-order valence-electron chi connectivity index (χ2n) is 5.90. The number of aliphatic carboxylic acids is 1. The number of carboxylic acid groups (broad SMARTS) is 1. The molecule has 0 aliphatic carbocycles. The van der Waals surface area contributed by atoms with E-state index in [1.165, 1.54) is 13.2 Å². The van der Waals surface area contributed by atoms with Gasteiger partial charge in [0.2, 0.25) is 0 Å². The number of phenols is 1. The number of hydrogen-bond donors (Lipinski definition) is 3. The van der Waals surface area contributed by atoms with Crippen LogP contribution in [0.5, 0.6) is 11.5 Å². The zero-order valence-corrected chi connectivity index (χ0v) is 16.7. The zero-order chi connectivity index (χ0) is 21.2. The fourth-order valence-electron chi connectivity index (χ4n) is 2.68. The smallest absolute Gasteiger partial charge is 0.313 e. The van der Waals surface area contributed by atoms with Crippen LogP contribution in [0.15, 0.2) is 58.3 Å². The van der Waals surface area contributed by atoms with Gasteiger partial charge in [0.15, 0.2) is 11.6 Å². The van der Waals surface area contributed by atoms with E-state index < -0.39 is 21.8 Å². The van der Waals surface area contributed by atoms with Gasteiger partial charge < -0.3 is 14.9 Å². The first-order valence-corrected chi connectivity index (χ1v) is 10.7. The highest BCUT2D eigenvalue weighted by Crippen LogP contribution is 2.40. The van der Waals surface area contributed by atoms with Gasteiger partial charge in [-0.15, -0.1) is 11.8 Å². The maximum Gasteiger partial charge on any atom is 0.313 e. The lowest BCUT2D eigenvalue weighted by atomic mass is 10.1. The maximum atomic E-state index is 13.6. The number of anilines is 1. The van der Waals surface area contributed by atoms with E-state index in [1.54, 1.807) is 24.3 Å². The van der Waals surface area contributed by atoms with Gasteiger partial charge in [-0.05, 0) is 18.2 Å². The van der Waals surface area contributed by atoms with Crippen molar-refractivity contribution < 1.29 is 32.6 Å². The maximum absolute atomic E-state index is 13.6. The summed E-state index contributed by atoms with van der Waals surface area (Å²) in [5.74, 6) is -2.45. The minimum Gasteiger partial charge on any atom is -0.506 e. The lowest BCUT2D eigenvalue weighted by Crippen LogP contribution is -2.13. The number of phenolic OH excluding ortho intramolecular Hbond substituents is 1. The molecule has 0 aliphatic heterocycles. The molecule has 7 nitrogen and oxygen atoms in total. The molecule has 0 atom stereocenters. The summed E-state index contributed by atoms with van der Waals surface area (Å²) in [4.78, 5) is 10.9. The third-order valence-corrected chi connectivity index (χ3v) is 6.39. The molecule has 152 valence electrons. The normalized spacial score (nSPS) is 11.4. The van der Waals surface area contributed by atoms with Crippen LogP contribution in [0.2, 0.25) is 0 Å². The summed E-state index contributed by atoms with van der Waals surface area (Å²) >= 11 is 0.860. The van der Waals surface area contributed by atoms with Crippen molar-refractivity contribution in [3.05, 3.63) is 54.3 Å². The van der Waals surface area contributed by atoms with Crippen LogP contribution in [0.1, 0.15) is 0 Å². The highest BCUT2D eigenvalue weighted by Gasteiger charge is 2.20. The van der Waals surface area contributed by atoms with Gasteiger partial charge in [0.1, 0.15) is 5.75 Å². The van der Waals surface area contributed by atoms with Gasteiger partial charge in [-0.25, -0.2) is 12.8 Å². The summed E-state index contributed by atoms with van der Waals surface area (Å²) in [5.41, 5.74) is 0.148. The monoisotopic (exact) mass is 437 g/mol. The molecular formula is C19H16FNO6S2. The fourth-order valence-corrected chi connectivity index (χ4v) is 4.49. The third-order valence-electron chi connectivity index (χ3n) is 4.01. The first kappa shape index (κ1) is 20.7. The molecule has 29 heavy (non-hydrogen) atoms.